The molecule has 0 nitrogen and oxygen atoms in total. The molecule has 0 bridgehead atoms. The second-order valence-electron chi connectivity index (χ2n) is 2.44. The Morgan fingerprint density at radius 3 is 2.60 bits per heavy atom. The van der Waals surface area contributed by atoms with Gasteiger partial charge in [-0.25, -0.2) is 4.39 Å². The molecule has 0 aliphatic heterocycles. The fourth-order valence-electron chi connectivity index (χ4n) is 0.736. The molecule has 0 unspecified atom stereocenters. The zero-order valence-corrected chi connectivity index (χ0v) is 6.78. The van der Waals surface area contributed by atoms with Crippen molar-refractivity contribution in [2.75, 3.05) is 0 Å². The lowest BCUT2D eigenvalue weighted by Gasteiger charge is -1.98. The summed E-state index contributed by atoms with van der Waals surface area (Å²) in [6.07, 6.45) is 4.30. The molecular formula is C9H15F. The molecule has 0 fully saturated rings. The van der Waals surface area contributed by atoms with Gasteiger partial charge in [-0.15, -0.1) is 0 Å². The first-order valence-electron chi connectivity index (χ1n) is 3.70. The average molecular weight is 142 g/mol. The van der Waals surface area contributed by atoms with Gasteiger partial charge in [-0.3, -0.25) is 0 Å². The predicted octanol–water partition coefficient (Wildman–Crippen LogP) is 3.61. The van der Waals surface area contributed by atoms with Crippen molar-refractivity contribution in [1.29, 1.82) is 0 Å². The van der Waals surface area contributed by atoms with Crippen LogP contribution in [0.2, 0.25) is 0 Å². The molecule has 0 aromatic heterocycles. The van der Waals surface area contributed by atoms with Crippen LogP contribution in [0.15, 0.2) is 24.1 Å². The molecule has 0 radical (unpaired) electrons. The summed E-state index contributed by atoms with van der Waals surface area (Å²) in [6.45, 7) is 7.27. The molecule has 0 aliphatic rings. The molecule has 0 saturated heterocycles. The maximum absolute atomic E-state index is 12.6. The highest BCUT2D eigenvalue weighted by molar-refractivity contribution is 5.15. The highest BCUT2D eigenvalue weighted by atomic mass is 19.1. The van der Waals surface area contributed by atoms with Crippen LogP contribution in [0.4, 0.5) is 4.39 Å². The highest BCUT2D eigenvalue weighted by Gasteiger charge is 1.94. The van der Waals surface area contributed by atoms with E-state index in [-0.39, 0.29) is 5.83 Å². The van der Waals surface area contributed by atoms with Crippen LogP contribution >= 0.6 is 0 Å². The Morgan fingerprint density at radius 2 is 2.20 bits per heavy atom. The second-order valence-corrected chi connectivity index (χ2v) is 2.44. The lowest BCUT2D eigenvalue weighted by atomic mass is 10.1. The molecule has 0 atom stereocenters. The summed E-state index contributed by atoms with van der Waals surface area (Å²) in [5.74, 6) is -0.159. The SMILES string of the molecule is C=C/C(F)=C(/C)CCCC. The van der Waals surface area contributed by atoms with Crippen LogP contribution in [-0.4, -0.2) is 0 Å². The smallest absolute Gasteiger partial charge is 0.121 e. The molecule has 0 rings (SSSR count). The number of unbranched alkanes of at least 4 members (excludes halogenated alkanes) is 1. The Morgan fingerprint density at radius 1 is 1.60 bits per heavy atom. The monoisotopic (exact) mass is 142 g/mol. The van der Waals surface area contributed by atoms with Crippen LogP contribution in [0.25, 0.3) is 0 Å². The summed E-state index contributed by atoms with van der Waals surface area (Å²) in [7, 11) is 0. The van der Waals surface area contributed by atoms with Gasteiger partial charge in [-0.1, -0.05) is 19.9 Å². The number of allylic oxidation sites excluding steroid dienone is 3. The minimum absolute atomic E-state index is 0.159. The lowest BCUT2D eigenvalue weighted by molar-refractivity contribution is 0.638. The second kappa shape index (κ2) is 5.21. The third kappa shape index (κ3) is 3.44. The van der Waals surface area contributed by atoms with E-state index in [4.69, 9.17) is 0 Å². The largest absolute Gasteiger partial charge is 0.207 e. The first-order valence-corrected chi connectivity index (χ1v) is 3.70. The molecule has 0 aliphatic carbocycles. The van der Waals surface area contributed by atoms with E-state index in [9.17, 15) is 4.39 Å². The Bertz CT molecular complexity index is 134. The minimum Gasteiger partial charge on any atom is -0.207 e. The van der Waals surface area contributed by atoms with Crippen molar-refractivity contribution in [1.82, 2.24) is 0 Å². The molecule has 0 aromatic rings. The standard InChI is InChI=1S/C9H15F/c1-4-6-7-8(3)9(10)5-2/h5H,2,4,6-7H2,1,3H3/b9-8+. The Kier molecular flexibility index (Phi) is 4.91. The fraction of sp³-hybridized carbons (Fsp3) is 0.556. The topological polar surface area (TPSA) is 0 Å². The van der Waals surface area contributed by atoms with Crippen LogP contribution in [0.5, 0.6) is 0 Å². The van der Waals surface area contributed by atoms with Crippen LogP contribution < -0.4 is 0 Å². The molecule has 0 aromatic carbocycles. The van der Waals surface area contributed by atoms with Crippen molar-refractivity contribution in [3.63, 3.8) is 0 Å². The summed E-state index contributed by atoms with van der Waals surface area (Å²) >= 11 is 0. The van der Waals surface area contributed by atoms with Gasteiger partial charge >= 0.3 is 0 Å². The summed E-state index contributed by atoms with van der Waals surface area (Å²) in [5.41, 5.74) is 0.817. The molecule has 1 heteroatoms. The van der Waals surface area contributed by atoms with E-state index in [1.807, 2.05) is 6.92 Å². The summed E-state index contributed by atoms with van der Waals surface area (Å²) in [5, 5.41) is 0. The van der Waals surface area contributed by atoms with E-state index in [0.717, 1.165) is 24.8 Å². The predicted molar refractivity (Wildman–Crippen MR) is 43.5 cm³/mol. The van der Waals surface area contributed by atoms with Gasteiger partial charge in [0.05, 0.1) is 0 Å². The van der Waals surface area contributed by atoms with Crippen molar-refractivity contribution in [3.8, 4) is 0 Å². The van der Waals surface area contributed by atoms with Gasteiger partial charge in [0.1, 0.15) is 5.83 Å². The highest BCUT2D eigenvalue weighted by Crippen LogP contribution is 2.13. The molecule has 0 spiro atoms. The molecule has 0 amide bonds. The Labute approximate surface area is 62.4 Å². The van der Waals surface area contributed by atoms with E-state index < -0.39 is 0 Å². The van der Waals surface area contributed by atoms with Crippen molar-refractivity contribution >= 4 is 0 Å². The van der Waals surface area contributed by atoms with Gasteiger partial charge in [0.2, 0.25) is 0 Å². The minimum atomic E-state index is -0.159. The van der Waals surface area contributed by atoms with Crippen LogP contribution in [0, 0.1) is 0 Å². The van der Waals surface area contributed by atoms with E-state index >= 15 is 0 Å². The van der Waals surface area contributed by atoms with Gasteiger partial charge in [0.25, 0.3) is 0 Å². The quantitative estimate of drug-likeness (QED) is 0.526. The summed E-state index contributed by atoms with van der Waals surface area (Å²) in [6, 6.07) is 0. The van der Waals surface area contributed by atoms with Crippen molar-refractivity contribution in [2.24, 2.45) is 0 Å². The molecule has 0 N–H and O–H groups in total. The van der Waals surface area contributed by atoms with Crippen molar-refractivity contribution in [3.05, 3.63) is 24.1 Å². The number of rotatable bonds is 4. The summed E-state index contributed by atoms with van der Waals surface area (Å²) < 4.78 is 12.6. The Balaban J connectivity index is 3.79. The molecule has 0 heterocycles. The van der Waals surface area contributed by atoms with Gasteiger partial charge in [-0.2, -0.15) is 0 Å². The summed E-state index contributed by atoms with van der Waals surface area (Å²) in [4.78, 5) is 0. The zero-order chi connectivity index (χ0) is 7.98. The van der Waals surface area contributed by atoms with E-state index in [0.29, 0.717) is 0 Å². The van der Waals surface area contributed by atoms with Crippen molar-refractivity contribution < 1.29 is 4.39 Å². The molecule has 10 heavy (non-hydrogen) atoms. The van der Waals surface area contributed by atoms with Gasteiger partial charge in [0, 0.05) is 0 Å². The van der Waals surface area contributed by atoms with Gasteiger partial charge in [-0.05, 0) is 31.4 Å². The maximum Gasteiger partial charge on any atom is 0.121 e. The zero-order valence-electron chi connectivity index (χ0n) is 6.78. The third-order valence-corrected chi connectivity index (χ3v) is 1.49. The third-order valence-electron chi connectivity index (χ3n) is 1.49. The van der Waals surface area contributed by atoms with E-state index in [1.54, 1.807) is 0 Å². The van der Waals surface area contributed by atoms with E-state index in [2.05, 4.69) is 13.5 Å². The normalized spacial score (nSPS) is 12.7. The Hall–Kier alpha value is -0.590. The lowest BCUT2D eigenvalue weighted by Crippen LogP contribution is -1.79. The number of hydrogen-bond acceptors (Lipinski definition) is 0. The van der Waals surface area contributed by atoms with Crippen molar-refractivity contribution in [2.45, 2.75) is 33.1 Å². The fourth-order valence-corrected chi connectivity index (χ4v) is 0.736. The van der Waals surface area contributed by atoms with Gasteiger partial charge in [0.15, 0.2) is 0 Å². The van der Waals surface area contributed by atoms with Crippen LogP contribution in [0.1, 0.15) is 33.1 Å². The number of hydrogen-bond donors (Lipinski definition) is 0. The van der Waals surface area contributed by atoms with Crippen LogP contribution in [0.3, 0.4) is 0 Å². The number of halogens is 1. The van der Waals surface area contributed by atoms with E-state index in [1.165, 1.54) is 6.08 Å². The molecule has 58 valence electrons. The average Bonchev–Trinajstić information content (AvgIpc) is 1.98. The molecule has 0 saturated carbocycles. The molecular weight excluding hydrogens is 127 g/mol. The van der Waals surface area contributed by atoms with Crippen LogP contribution in [-0.2, 0) is 0 Å². The first-order chi connectivity index (χ1) is 4.72. The van der Waals surface area contributed by atoms with Gasteiger partial charge < -0.3 is 0 Å². The maximum atomic E-state index is 12.6. The first kappa shape index (κ1) is 9.41.